The zero-order chi connectivity index (χ0) is 21.2. The maximum absolute atomic E-state index is 12.4. The third-order valence-corrected chi connectivity index (χ3v) is 8.21. The van der Waals surface area contributed by atoms with Crippen LogP contribution in [0, 0.1) is 0 Å². The topological polar surface area (TPSA) is 68.9 Å². The normalized spacial score (nSPS) is 27.4. The number of carbonyl (C=O) groups is 1. The fourth-order valence-corrected chi connectivity index (χ4v) is 6.61. The molecule has 1 fully saturated rings. The van der Waals surface area contributed by atoms with E-state index >= 15 is 0 Å². The third-order valence-electron chi connectivity index (χ3n) is 6.72. The number of amides is 1. The van der Waals surface area contributed by atoms with Crippen LogP contribution in [0.3, 0.4) is 0 Å². The second-order valence-corrected chi connectivity index (χ2v) is 10.3. The number of hydrogen-bond acceptors (Lipinski definition) is 7. The van der Waals surface area contributed by atoms with Crippen LogP contribution in [0.4, 0.5) is 5.69 Å². The van der Waals surface area contributed by atoms with Crippen molar-refractivity contribution in [3.63, 3.8) is 0 Å². The van der Waals surface area contributed by atoms with Crippen LogP contribution in [0.5, 0.6) is 0 Å². The third kappa shape index (κ3) is 3.16. The number of anilines is 1. The molecule has 162 valence electrons. The van der Waals surface area contributed by atoms with Crippen molar-refractivity contribution in [2.24, 2.45) is 0 Å². The molecule has 0 saturated carbocycles. The molecule has 2 aromatic rings. The average molecular weight is 458 g/mol. The van der Waals surface area contributed by atoms with Gasteiger partial charge in [0, 0.05) is 36.7 Å². The lowest BCUT2D eigenvalue weighted by molar-refractivity contribution is -0.0839. The standard InChI is InChI=1S/C22H24ClN5O2S/c1-27-11-14-2-3-15(9-16(14)21(27)29)28-12-18(25-26-28)17-10-22(5-6-24-17)20-13(4-7-30-22)8-19(23)31-20/h2-3,8-9,12,17,24-26H,4-7,10-11H2,1H3/t17-,22-/m0/s1. The molecule has 2 atom stereocenters. The summed E-state index contributed by atoms with van der Waals surface area (Å²) in [7, 11) is 1.83. The van der Waals surface area contributed by atoms with E-state index in [1.54, 1.807) is 16.2 Å². The number of thiophene rings is 1. The number of piperidine rings is 1. The summed E-state index contributed by atoms with van der Waals surface area (Å²) in [5.41, 5.74) is 11.4. The van der Waals surface area contributed by atoms with E-state index in [0.717, 1.165) is 59.3 Å². The lowest BCUT2D eigenvalue weighted by Crippen LogP contribution is -2.51. The van der Waals surface area contributed by atoms with Gasteiger partial charge < -0.3 is 20.4 Å². The highest BCUT2D eigenvalue weighted by atomic mass is 35.5. The molecule has 4 aliphatic rings. The smallest absolute Gasteiger partial charge is 0.254 e. The van der Waals surface area contributed by atoms with Gasteiger partial charge in [0.2, 0.25) is 0 Å². The van der Waals surface area contributed by atoms with Crippen LogP contribution in [0.1, 0.15) is 39.2 Å². The first-order chi connectivity index (χ1) is 15.0. The van der Waals surface area contributed by atoms with Crippen LogP contribution in [-0.4, -0.2) is 37.0 Å². The molecule has 0 bridgehead atoms. The summed E-state index contributed by atoms with van der Waals surface area (Å²) in [6, 6.07) is 8.26. The molecule has 5 heterocycles. The molecule has 3 N–H and O–H groups in total. The first-order valence-corrected chi connectivity index (χ1v) is 11.8. The molecule has 1 saturated heterocycles. The lowest BCUT2D eigenvalue weighted by Gasteiger charge is -2.43. The minimum absolute atomic E-state index is 0.0731. The van der Waals surface area contributed by atoms with Gasteiger partial charge >= 0.3 is 0 Å². The number of ether oxygens (including phenoxy) is 1. The van der Waals surface area contributed by atoms with Crippen LogP contribution in [0.2, 0.25) is 4.34 Å². The second kappa shape index (κ2) is 7.21. The van der Waals surface area contributed by atoms with Crippen LogP contribution < -0.4 is 21.3 Å². The number of hydrogen-bond donors (Lipinski definition) is 3. The van der Waals surface area contributed by atoms with Crippen molar-refractivity contribution >= 4 is 34.5 Å². The van der Waals surface area contributed by atoms with Gasteiger partial charge in [0.15, 0.2) is 0 Å². The molecule has 31 heavy (non-hydrogen) atoms. The van der Waals surface area contributed by atoms with Gasteiger partial charge in [0.1, 0.15) is 5.60 Å². The number of fused-ring (bicyclic) bond motifs is 3. The maximum atomic E-state index is 12.4. The van der Waals surface area contributed by atoms with Crippen LogP contribution in [0.25, 0.3) is 0 Å². The van der Waals surface area contributed by atoms with Crippen LogP contribution in [0.15, 0.2) is 36.2 Å². The molecular weight excluding hydrogens is 434 g/mol. The molecule has 4 aliphatic heterocycles. The van der Waals surface area contributed by atoms with Gasteiger partial charge in [0.25, 0.3) is 5.91 Å². The van der Waals surface area contributed by atoms with Gasteiger partial charge in [0.05, 0.1) is 28.4 Å². The van der Waals surface area contributed by atoms with E-state index in [1.165, 1.54) is 10.4 Å². The maximum Gasteiger partial charge on any atom is 0.254 e. The van der Waals surface area contributed by atoms with Crippen molar-refractivity contribution in [2.75, 3.05) is 25.2 Å². The Labute approximate surface area is 189 Å². The molecular formula is C22H24ClN5O2S. The highest BCUT2D eigenvalue weighted by Crippen LogP contribution is 2.47. The second-order valence-electron chi connectivity index (χ2n) is 8.65. The Morgan fingerprint density at radius 3 is 3.10 bits per heavy atom. The molecule has 6 rings (SSSR count). The summed E-state index contributed by atoms with van der Waals surface area (Å²) in [6.07, 6.45) is 4.78. The predicted molar refractivity (Wildman–Crippen MR) is 121 cm³/mol. The van der Waals surface area contributed by atoms with Gasteiger partial charge in [-0.2, -0.15) is 0 Å². The van der Waals surface area contributed by atoms with Crippen LogP contribution in [-0.2, 0) is 23.3 Å². The zero-order valence-electron chi connectivity index (χ0n) is 17.2. The molecule has 1 spiro atoms. The molecule has 7 nitrogen and oxygen atoms in total. The Hall–Kier alpha value is -2.10. The van der Waals surface area contributed by atoms with E-state index in [4.69, 9.17) is 16.3 Å². The number of benzene rings is 1. The van der Waals surface area contributed by atoms with Crippen LogP contribution >= 0.6 is 22.9 Å². The fraction of sp³-hybridized carbons (Fsp3) is 0.409. The monoisotopic (exact) mass is 457 g/mol. The molecule has 9 heteroatoms. The van der Waals surface area contributed by atoms with Gasteiger partial charge in [-0.15, -0.1) is 16.9 Å². The largest absolute Gasteiger partial charge is 0.369 e. The molecule has 0 aliphatic carbocycles. The number of halogens is 1. The van der Waals surface area contributed by atoms with E-state index in [1.807, 2.05) is 30.3 Å². The number of hydrazine groups is 2. The van der Waals surface area contributed by atoms with Crippen molar-refractivity contribution in [3.05, 3.63) is 62.1 Å². The summed E-state index contributed by atoms with van der Waals surface area (Å²) >= 11 is 8.00. The summed E-state index contributed by atoms with van der Waals surface area (Å²) < 4.78 is 7.24. The minimum atomic E-state index is -0.276. The van der Waals surface area contributed by atoms with Gasteiger partial charge in [-0.3, -0.25) is 9.80 Å². The van der Waals surface area contributed by atoms with Gasteiger partial charge in [-0.05, 0) is 48.7 Å². The molecule has 1 amide bonds. The highest BCUT2D eigenvalue weighted by molar-refractivity contribution is 7.16. The Morgan fingerprint density at radius 1 is 1.29 bits per heavy atom. The van der Waals surface area contributed by atoms with Crippen molar-refractivity contribution in [3.8, 4) is 0 Å². The van der Waals surface area contributed by atoms with E-state index in [-0.39, 0.29) is 17.6 Å². The van der Waals surface area contributed by atoms with E-state index in [2.05, 4.69) is 28.5 Å². The number of nitrogens with zero attached hydrogens (tertiary/aromatic N) is 2. The lowest BCUT2D eigenvalue weighted by atomic mass is 9.82. The van der Waals surface area contributed by atoms with Gasteiger partial charge in [-0.25, -0.2) is 0 Å². The number of nitrogens with one attached hydrogen (secondary N) is 3. The van der Waals surface area contributed by atoms with E-state index in [9.17, 15) is 4.79 Å². The molecule has 0 radical (unpaired) electrons. The molecule has 1 aromatic carbocycles. The molecule has 0 unspecified atom stereocenters. The highest BCUT2D eigenvalue weighted by Gasteiger charge is 2.45. The van der Waals surface area contributed by atoms with E-state index < -0.39 is 0 Å². The van der Waals surface area contributed by atoms with Crippen molar-refractivity contribution < 1.29 is 9.53 Å². The first-order valence-electron chi connectivity index (χ1n) is 10.6. The Kier molecular flexibility index (Phi) is 4.56. The van der Waals surface area contributed by atoms with E-state index in [0.29, 0.717) is 6.54 Å². The summed E-state index contributed by atoms with van der Waals surface area (Å²) in [6.45, 7) is 2.28. The summed E-state index contributed by atoms with van der Waals surface area (Å²) in [5, 5.41) is 5.56. The number of rotatable bonds is 2. The Balaban J connectivity index is 1.25. The Bertz CT molecular complexity index is 1100. The summed E-state index contributed by atoms with van der Waals surface area (Å²) in [4.78, 5) is 15.4. The summed E-state index contributed by atoms with van der Waals surface area (Å²) in [5.74, 6) is 0.0731. The predicted octanol–water partition coefficient (Wildman–Crippen LogP) is 2.88. The average Bonchev–Trinajstić information content (AvgIpc) is 3.47. The van der Waals surface area contributed by atoms with Gasteiger partial charge in [-0.1, -0.05) is 17.7 Å². The van der Waals surface area contributed by atoms with Crippen molar-refractivity contribution in [1.29, 1.82) is 0 Å². The minimum Gasteiger partial charge on any atom is -0.369 e. The fourth-order valence-electron chi connectivity index (χ4n) is 5.13. The zero-order valence-corrected chi connectivity index (χ0v) is 18.8. The Morgan fingerprint density at radius 2 is 2.19 bits per heavy atom. The number of carbonyl (C=O) groups excluding carboxylic acids is 1. The first kappa shape index (κ1) is 19.6. The van der Waals surface area contributed by atoms with Crippen molar-refractivity contribution in [1.82, 2.24) is 21.2 Å². The quantitative estimate of drug-likeness (QED) is 0.644. The molecule has 1 aromatic heterocycles. The van der Waals surface area contributed by atoms with Crippen molar-refractivity contribution in [2.45, 2.75) is 37.5 Å². The SMILES string of the molecule is CN1Cc2ccc(N3C=C([C@@H]4C[C@]5(CCN4)OCCc4cc(Cl)sc45)NN3)cc2C1=O.